The molecule has 0 radical (unpaired) electrons. The number of hydrogen-bond donors (Lipinski definition) is 2. The molecule has 0 bridgehead atoms. The van der Waals surface area contributed by atoms with Gasteiger partial charge in [0.25, 0.3) is 5.91 Å². The molecule has 2 N–H and O–H groups in total. The Morgan fingerprint density at radius 1 is 1.53 bits per heavy atom. The van der Waals surface area contributed by atoms with E-state index in [1.165, 1.54) is 12.8 Å². The minimum Gasteiger partial charge on any atom is -0.346 e. The van der Waals surface area contributed by atoms with Crippen molar-refractivity contribution in [2.45, 2.75) is 45.1 Å². The summed E-state index contributed by atoms with van der Waals surface area (Å²) in [5, 5.41) is 9.83. The molecule has 1 aliphatic carbocycles. The van der Waals surface area contributed by atoms with Gasteiger partial charge >= 0.3 is 0 Å². The third kappa shape index (κ3) is 2.58. The Kier molecular flexibility index (Phi) is 2.29. The van der Waals surface area contributed by atoms with Gasteiger partial charge in [-0.1, -0.05) is 0 Å². The second-order valence-electron chi connectivity index (χ2n) is 5.19. The van der Waals surface area contributed by atoms with Crippen LogP contribution in [0.15, 0.2) is 6.07 Å². The predicted molar refractivity (Wildman–Crippen MR) is 57.8 cm³/mol. The number of hydrogen-bond acceptors (Lipinski definition) is 2. The van der Waals surface area contributed by atoms with Crippen molar-refractivity contribution in [1.29, 1.82) is 0 Å². The molecule has 1 fully saturated rings. The van der Waals surface area contributed by atoms with Gasteiger partial charge in [0.2, 0.25) is 0 Å². The molecule has 82 valence electrons. The second kappa shape index (κ2) is 3.36. The predicted octanol–water partition coefficient (Wildman–Crippen LogP) is 1.82. The van der Waals surface area contributed by atoms with Gasteiger partial charge in [-0.25, -0.2) is 0 Å². The Hall–Kier alpha value is -1.32. The van der Waals surface area contributed by atoms with Crippen LogP contribution in [0.25, 0.3) is 0 Å². The highest BCUT2D eigenvalue weighted by Gasteiger charge is 2.27. The number of rotatable bonds is 2. The highest BCUT2D eigenvalue weighted by Crippen LogP contribution is 2.38. The molecule has 0 aliphatic heterocycles. The van der Waals surface area contributed by atoms with Gasteiger partial charge in [-0.15, -0.1) is 0 Å². The summed E-state index contributed by atoms with van der Waals surface area (Å²) in [6, 6.07) is 1.86. The molecule has 0 unspecified atom stereocenters. The molecule has 0 spiro atoms. The number of carbonyl (C=O) groups is 1. The number of aromatic amines is 1. The van der Waals surface area contributed by atoms with Gasteiger partial charge in [-0.05, 0) is 39.7 Å². The van der Waals surface area contributed by atoms with Gasteiger partial charge in [0.1, 0.15) is 5.69 Å². The van der Waals surface area contributed by atoms with Crippen LogP contribution in [-0.2, 0) is 0 Å². The molecule has 0 atom stereocenters. The minimum atomic E-state index is -0.213. The molecular weight excluding hydrogens is 190 g/mol. The normalized spacial score (nSPS) is 16.5. The highest BCUT2D eigenvalue weighted by molar-refractivity contribution is 5.92. The Bertz CT molecular complexity index is 371. The summed E-state index contributed by atoms with van der Waals surface area (Å²) < 4.78 is 0. The van der Waals surface area contributed by atoms with E-state index in [0.29, 0.717) is 11.6 Å². The fraction of sp³-hybridized carbons (Fsp3) is 0.636. The van der Waals surface area contributed by atoms with E-state index in [1.54, 1.807) is 0 Å². The maximum absolute atomic E-state index is 11.7. The first-order valence-electron chi connectivity index (χ1n) is 5.33. The van der Waals surface area contributed by atoms with Crippen molar-refractivity contribution in [2.75, 3.05) is 0 Å². The molecule has 15 heavy (non-hydrogen) atoms. The monoisotopic (exact) mass is 207 g/mol. The number of amides is 1. The van der Waals surface area contributed by atoms with Crippen LogP contribution in [0.4, 0.5) is 0 Å². The third-order valence-electron chi connectivity index (χ3n) is 2.34. The van der Waals surface area contributed by atoms with Crippen LogP contribution in [0.2, 0.25) is 0 Å². The van der Waals surface area contributed by atoms with Crippen molar-refractivity contribution in [1.82, 2.24) is 15.5 Å². The van der Waals surface area contributed by atoms with E-state index >= 15 is 0 Å². The lowest BCUT2D eigenvalue weighted by atomic mass is 10.1. The van der Waals surface area contributed by atoms with Gasteiger partial charge in [-0.3, -0.25) is 9.89 Å². The molecule has 1 aromatic rings. The largest absolute Gasteiger partial charge is 0.346 e. The maximum Gasteiger partial charge on any atom is 0.272 e. The summed E-state index contributed by atoms with van der Waals surface area (Å²) in [6.45, 7) is 5.87. The Labute approximate surface area is 89.5 Å². The van der Waals surface area contributed by atoms with E-state index in [-0.39, 0.29) is 11.4 Å². The number of nitrogens with zero attached hydrogens (tertiary/aromatic N) is 1. The van der Waals surface area contributed by atoms with Crippen LogP contribution in [0.1, 0.15) is 55.7 Å². The van der Waals surface area contributed by atoms with E-state index in [9.17, 15) is 4.79 Å². The second-order valence-corrected chi connectivity index (χ2v) is 5.19. The molecule has 0 aromatic carbocycles. The average molecular weight is 207 g/mol. The molecule has 1 aromatic heterocycles. The maximum atomic E-state index is 11.7. The first-order chi connectivity index (χ1) is 6.96. The quantitative estimate of drug-likeness (QED) is 0.777. The van der Waals surface area contributed by atoms with Crippen LogP contribution < -0.4 is 5.32 Å². The first-order valence-corrected chi connectivity index (χ1v) is 5.33. The number of carbonyl (C=O) groups excluding carboxylic acids is 1. The first kappa shape index (κ1) is 10.2. The zero-order valence-corrected chi connectivity index (χ0v) is 9.42. The van der Waals surface area contributed by atoms with Crippen molar-refractivity contribution in [3.05, 3.63) is 17.5 Å². The van der Waals surface area contributed by atoms with Crippen LogP contribution in [0, 0.1) is 0 Å². The van der Waals surface area contributed by atoms with Crippen LogP contribution in [-0.4, -0.2) is 21.6 Å². The molecule has 0 saturated heterocycles. The van der Waals surface area contributed by atoms with E-state index in [0.717, 1.165) is 5.69 Å². The molecule has 1 amide bonds. The van der Waals surface area contributed by atoms with Crippen LogP contribution in [0.5, 0.6) is 0 Å². The molecule has 1 heterocycles. The molecular formula is C11H17N3O. The van der Waals surface area contributed by atoms with Crippen molar-refractivity contribution in [2.24, 2.45) is 0 Å². The van der Waals surface area contributed by atoms with Crippen molar-refractivity contribution >= 4 is 5.91 Å². The number of nitrogens with one attached hydrogen (secondary N) is 2. The Balaban J connectivity index is 2.05. The zero-order chi connectivity index (χ0) is 11.1. The minimum absolute atomic E-state index is 0.106. The van der Waals surface area contributed by atoms with Gasteiger partial charge < -0.3 is 5.32 Å². The lowest BCUT2D eigenvalue weighted by Crippen LogP contribution is -2.40. The third-order valence-corrected chi connectivity index (χ3v) is 2.34. The SMILES string of the molecule is CC(C)(C)NC(=O)c1cc(C2CC2)[nH]n1. The molecule has 4 nitrogen and oxygen atoms in total. The molecule has 1 saturated carbocycles. The van der Waals surface area contributed by atoms with Gasteiger partial charge in [0, 0.05) is 17.2 Å². The Morgan fingerprint density at radius 2 is 2.20 bits per heavy atom. The molecule has 1 aliphatic rings. The summed E-state index contributed by atoms with van der Waals surface area (Å²) in [6.07, 6.45) is 2.42. The van der Waals surface area contributed by atoms with Gasteiger partial charge in [0.15, 0.2) is 0 Å². The molecule has 4 heteroatoms. The molecule has 2 rings (SSSR count). The summed E-state index contributed by atoms with van der Waals surface area (Å²) >= 11 is 0. The van der Waals surface area contributed by atoms with Crippen LogP contribution in [0.3, 0.4) is 0 Å². The summed E-state index contributed by atoms with van der Waals surface area (Å²) in [7, 11) is 0. The van der Waals surface area contributed by atoms with Crippen molar-refractivity contribution in [3.8, 4) is 0 Å². The lowest BCUT2D eigenvalue weighted by molar-refractivity contribution is 0.0914. The van der Waals surface area contributed by atoms with Gasteiger partial charge in [0.05, 0.1) is 0 Å². The van der Waals surface area contributed by atoms with Crippen molar-refractivity contribution in [3.63, 3.8) is 0 Å². The van der Waals surface area contributed by atoms with Crippen LogP contribution >= 0.6 is 0 Å². The fourth-order valence-corrected chi connectivity index (χ4v) is 1.46. The highest BCUT2D eigenvalue weighted by atomic mass is 16.2. The fourth-order valence-electron chi connectivity index (χ4n) is 1.46. The smallest absolute Gasteiger partial charge is 0.272 e. The topological polar surface area (TPSA) is 57.8 Å². The lowest BCUT2D eigenvalue weighted by Gasteiger charge is -2.19. The standard InChI is InChI=1S/C11H17N3O/c1-11(2,3)12-10(15)9-6-8(13-14-9)7-4-5-7/h6-7H,4-5H2,1-3H3,(H,12,15)(H,13,14). The van der Waals surface area contributed by atoms with Gasteiger partial charge in [-0.2, -0.15) is 5.10 Å². The number of H-pyrrole nitrogens is 1. The number of aromatic nitrogens is 2. The van der Waals surface area contributed by atoms with E-state index in [2.05, 4.69) is 15.5 Å². The van der Waals surface area contributed by atoms with E-state index < -0.39 is 0 Å². The summed E-state index contributed by atoms with van der Waals surface area (Å²) in [5.41, 5.74) is 1.37. The average Bonchev–Trinajstić information content (AvgIpc) is 2.81. The van der Waals surface area contributed by atoms with Crippen molar-refractivity contribution < 1.29 is 4.79 Å². The zero-order valence-electron chi connectivity index (χ0n) is 9.42. The van der Waals surface area contributed by atoms with E-state index in [4.69, 9.17) is 0 Å². The van der Waals surface area contributed by atoms with E-state index in [1.807, 2.05) is 26.8 Å². The summed E-state index contributed by atoms with van der Waals surface area (Å²) in [4.78, 5) is 11.7. The Morgan fingerprint density at radius 3 is 2.73 bits per heavy atom. The summed E-state index contributed by atoms with van der Waals surface area (Å²) in [5.74, 6) is 0.499.